The fourth-order valence-corrected chi connectivity index (χ4v) is 2.44. The van der Waals surface area contributed by atoms with Crippen molar-refractivity contribution >= 4 is 5.97 Å². The van der Waals surface area contributed by atoms with Crippen molar-refractivity contribution in [2.24, 2.45) is 0 Å². The van der Waals surface area contributed by atoms with E-state index in [1.165, 1.54) is 0 Å². The predicted octanol–water partition coefficient (Wildman–Crippen LogP) is 6.41. The van der Waals surface area contributed by atoms with Crippen LogP contribution < -0.4 is 4.74 Å². The molecule has 0 amide bonds. The quantitative estimate of drug-likeness (QED) is 0.221. The van der Waals surface area contributed by atoms with Crippen molar-refractivity contribution in [1.82, 2.24) is 0 Å². The highest BCUT2D eigenvalue weighted by molar-refractivity contribution is 5.69. The number of rotatable bonds is 9. The van der Waals surface area contributed by atoms with Crippen molar-refractivity contribution in [2.45, 2.75) is 61.2 Å². The van der Waals surface area contributed by atoms with Gasteiger partial charge in [-0.15, -0.1) is 0 Å². The zero-order chi connectivity index (χ0) is 28.1. The molecule has 3 nitrogen and oxygen atoms in total. The van der Waals surface area contributed by atoms with Crippen molar-refractivity contribution in [2.75, 3.05) is 0 Å². The van der Waals surface area contributed by atoms with Crippen LogP contribution in [0, 0.1) is 0 Å². The first-order valence-corrected chi connectivity index (χ1v) is 8.58. The second-order valence-corrected chi connectivity index (χ2v) is 6.96. The van der Waals surface area contributed by atoms with Crippen molar-refractivity contribution in [1.29, 1.82) is 0 Å². The number of carbonyl (C=O) groups is 1. The lowest BCUT2D eigenvalue weighted by molar-refractivity contribution is -0.453. The lowest BCUT2D eigenvalue weighted by atomic mass is 9.88. The van der Waals surface area contributed by atoms with Gasteiger partial charge in [-0.25, -0.2) is 0 Å². The molecular formula is C17H11F15O3. The number of hydrogen-bond acceptors (Lipinski definition) is 3. The Balaban J connectivity index is 3.42. The van der Waals surface area contributed by atoms with Crippen LogP contribution in [0.25, 0.3) is 0 Å². The number of aliphatic hydroxyl groups is 1. The van der Waals surface area contributed by atoms with Gasteiger partial charge in [0, 0.05) is 13.3 Å². The van der Waals surface area contributed by atoms with E-state index in [0.717, 1.165) is 19.1 Å². The van der Waals surface area contributed by atoms with Gasteiger partial charge in [0.2, 0.25) is 0 Å². The Bertz CT molecular complexity index is 924. The molecule has 0 fully saturated rings. The smallest absolute Gasteiger partial charge is 0.427 e. The molecular weight excluding hydrogens is 537 g/mol. The third-order valence-corrected chi connectivity index (χ3v) is 4.35. The Morgan fingerprint density at radius 3 is 1.63 bits per heavy atom. The van der Waals surface area contributed by atoms with E-state index in [-0.39, 0.29) is 0 Å². The Kier molecular flexibility index (Phi) is 7.81. The van der Waals surface area contributed by atoms with E-state index < -0.39 is 71.5 Å². The van der Waals surface area contributed by atoms with Crippen LogP contribution >= 0.6 is 0 Å². The van der Waals surface area contributed by atoms with E-state index in [9.17, 15) is 75.8 Å². The third kappa shape index (κ3) is 4.97. The first-order valence-electron chi connectivity index (χ1n) is 8.58. The fourth-order valence-electron chi connectivity index (χ4n) is 2.44. The average Bonchev–Trinajstić information content (AvgIpc) is 2.65. The number of ether oxygens (including phenoxy) is 1. The lowest BCUT2D eigenvalue weighted by Gasteiger charge is -2.41. The van der Waals surface area contributed by atoms with Crippen molar-refractivity contribution < 1.29 is 80.5 Å². The Morgan fingerprint density at radius 2 is 1.20 bits per heavy atom. The molecule has 0 aliphatic rings. The number of benzene rings is 1. The van der Waals surface area contributed by atoms with Gasteiger partial charge in [-0.3, -0.25) is 4.79 Å². The van der Waals surface area contributed by atoms with Gasteiger partial charge in [0.05, 0.1) is 6.10 Å². The maximum atomic E-state index is 13.9. The summed E-state index contributed by atoms with van der Waals surface area (Å²) < 4.78 is 202. The minimum atomic E-state index is -8.40. The first-order chi connectivity index (χ1) is 15.3. The minimum Gasteiger partial charge on any atom is -0.427 e. The van der Waals surface area contributed by atoms with E-state index in [0.29, 0.717) is 12.1 Å². The number of esters is 1. The zero-order valence-electron chi connectivity index (χ0n) is 16.5. The minimum absolute atomic E-state index is 0.519. The Labute approximate surface area is 184 Å². The summed E-state index contributed by atoms with van der Waals surface area (Å²) in [6, 6.07) is 2.96. The molecule has 0 heterocycles. The monoisotopic (exact) mass is 548 g/mol. The summed E-state index contributed by atoms with van der Waals surface area (Å²) in [5, 5.41) is 9.64. The van der Waals surface area contributed by atoms with Gasteiger partial charge in [0.25, 0.3) is 0 Å². The highest BCUT2D eigenvalue weighted by Crippen LogP contribution is 2.63. The van der Waals surface area contributed by atoms with Gasteiger partial charge in [0.15, 0.2) is 0 Å². The van der Waals surface area contributed by atoms with E-state index in [1.807, 2.05) is 0 Å². The highest BCUT2D eigenvalue weighted by atomic mass is 19.4. The average molecular weight is 548 g/mol. The first kappa shape index (κ1) is 30.6. The summed E-state index contributed by atoms with van der Waals surface area (Å²) >= 11 is 0. The zero-order valence-corrected chi connectivity index (χ0v) is 16.5. The Morgan fingerprint density at radius 1 is 0.771 bits per heavy atom. The van der Waals surface area contributed by atoms with Crippen LogP contribution in [-0.2, 0) is 4.79 Å². The van der Waals surface area contributed by atoms with Gasteiger partial charge in [-0.05, 0) is 17.7 Å². The highest BCUT2D eigenvalue weighted by Gasteiger charge is 2.93. The van der Waals surface area contributed by atoms with Gasteiger partial charge in [-0.1, -0.05) is 12.1 Å². The summed E-state index contributed by atoms with van der Waals surface area (Å²) in [5.41, 5.74) is -0.886. The molecule has 1 aromatic rings. The predicted molar refractivity (Wildman–Crippen MR) is 83.1 cm³/mol. The van der Waals surface area contributed by atoms with Gasteiger partial charge < -0.3 is 9.84 Å². The number of aliphatic hydroxyl groups excluding tert-OH is 1. The van der Waals surface area contributed by atoms with E-state index >= 15 is 0 Å². The van der Waals surface area contributed by atoms with E-state index in [1.54, 1.807) is 0 Å². The maximum Gasteiger partial charge on any atom is 0.460 e. The van der Waals surface area contributed by atoms with Crippen molar-refractivity contribution in [3.05, 3.63) is 29.8 Å². The Hall–Kier alpha value is -2.40. The molecule has 1 unspecified atom stereocenters. The van der Waals surface area contributed by atoms with Gasteiger partial charge in [0.1, 0.15) is 5.75 Å². The number of hydrogen-bond donors (Lipinski definition) is 1. The summed E-state index contributed by atoms with van der Waals surface area (Å²) in [7, 11) is 0. The standard InChI is InChI=1S/C17H11F15O3/c1-7(33)35-9-4-2-3-8(5-9)10(34)6-11(18,19)12(20,21)13(22,23)14(24,25)15(26,27)16(28,29)17(30,31)32/h2-5,10,34H,6H2,1H3. The topological polar surface area (TPSA) is 46.5 Å². The lowest BCUT2D eigenvalue weighted by Crippen LogP contribution is -2.72. The van der Waals surface area contributed by atoms with Crippen LogP contribution in [0.4, 0.5) is 65.9 Å². The molecule has 202 valence electrons. The SMILES string of the molecule is CC(=O)Oc1cccc(C(O)CC(F)(F)C(F)(F)C(F)(F)C(F)(F)C(F)(F)C(F)(F)C(F)(F)F)c1. The molecule has 1 rings (SSSR count). The van der Waals surface area contributed by atoms with Crippen LogP contribution in [0.5, 0.6) is 5.75 Å². The molecule has 1 aromatic carbocycles. The van der Waals surface area contributed by atoms with Crippen molar-refractivity contribution in [3.8, 4) is 5.75 Å². The van der Waals surface area contributed by atoms with Crippen LogP contribution in [0.1, 0.15) is 25.0 Å². The number of alkyl halides is 15. The van der Waals surface area contributed by atoms with Crippen molar-refractivity contribution in [3.63, 3.8) is 0 Å². The van der Waals surface area contributed by atoms with Gasteiger partial charge in [-0.2, -0.15) is 65.9 Å². The molecule has 0 aromatic heterocycles. The molecule has 0 aliphatic carbocycles. The summed E-state index contributed by atoms with van der Waals surface area (Å²) in [6.07, 6.45) is -13.6. The third-order valence-electron chi connectivity index (χ3n) is 4.35. The molecule has 0 saturated heterocycles. The molecule has 35 heavy (non-hydrogen) atoms. The van der Waals surface area contributed by atoms with Crippen LogP contribution in [-0.4, -0.2) is 52.8 Å². The molecule has 1 N–H and O–H groups in total. The van der Waals surface area contributed by atoms with Crippen LogP contribution in [0.15, 0.2) is 24.3 Å². The second kappa shape index (κ2) is 8.92. The number of halogens is 15. The largest absolute Gasteiger partial charge is 0.460 e. The van der Waals surface area contributed by atoms with E-state index in [2.05, 4.69) is 4.74 Å². The van der Waals surface area contributed by atoms with Crippen LogP contribution in [0.2, 0.25) is 0 Å². The molecule has 0 spiro atoms. The normalized spacial score (nSPS) is 15.7. The molecule has 0 aliphatic heterocycles. The maximum absolute atomic E-state index is 13.9. The molecule has 1 atom stereocenters. The van der Waals surface area contributed by atoms with E-state index in [4.69, 9.17) is 0 Å². The summed E-state index contributed by atoms with van der Waals surface area (Å²) in [4.78, 5) is 10.8. The molecule has 0 bridgehead atoms. The summed E-state index contributed by atoms with van der Waals surface area (Å²) in [6.45, 7) is 0.832. The molecule has 0 radical (unpaired) electrons. The van der Waals surface area contributed by atoms with Gasteiger partial charge >= 0.3 is 47.7 Å². The summed E-state index contributed by atoms with van der Waals surface area (Å²) in [5.74, 6) is -48.9. The second-order valence-electron chi connectivity index (χ2n) is 6.96. The number of carbonyl (C=O) groups excluding carboxylic acids is 1. The molecule has 18 heteroatoms. The fraction of sp³-hybridized carbons (Fsp3) is 0.588. The molecule has 0 saturated carbocycles. The van der Waals surface area contributed by atoms with Crippen LogP contribution in [0.3, 0.4) is 0 Å².